The molecule has 3 aromatic carbocycles. The summed E-state index contributed by atoms with van der Waals surface area (Å²) in [7, 11) is 0. The van der Waals surface area contributed by atoms with E-state index >= 15 is 0 Å². The maximum Gasteiger partial charge on any atom is 0.170 e. The van der Waals surface area contributed by atoms with E-state index in [4.69, 9.17) is 0 Å². The smallest absolute Gasteiger partial charge is 0.170 e. The van der Waals surface area contributed by atoms with E-state index in [1.54, 1.807) is 0 Å². The van der Waals surface area contributed by atoms with E-state index in [0.717, 1.165) is 35.1 Å². The van der Waals surface area contributed by atoms with Gasteiger partial charge in [0.25, 0.3) is 0 Å². The molecule has 29 heavy (non-hydrogen) atoms. The molecule has 0 aromatic heterocycles. The Hall–Kier alpha value is -3.00. The van der Waals surface area contributed by atoms with E-state index in [2.05, 4.69) is 37.3 Å². The lowest BCUT2D eigenvalue weighted by Gasteiger charge is -2.22. The number of rotatable bonds is 5. The second-order valence-electron chi connectivity index (χ2n) is 7.82. The Bertz CT molecular complexity index is 1040. The number of carbonyl (C=O) groups is 1. The quantitative estimate of drug-likeness (QED) is 0.444. The zero-order chi connectivity index (χ0) is 20.4. The van der Waals surface area contributed by atoms with Gasteiger partial charge in [-0.3, -0.25) is 4.79 Å². The van der Waals surface area contributed by atoms with Crippen molar-refractivity contribution < 1.29 is 9.18 Å². The average molecular weight is 384 g/mol. The molecule has 3 aromatic rings. The van der Waals surface area contributed by atoms with Gasteiger partial charge < -0.3 is 0 Å². The number of ketones is 1. The van der Waals surface area contributed by atoms with Crippen molar-refractivity contribution in [2.24, 2.45) is 5.92 Å². The third-order valence-corrected chi connectivity index (χ3v) is 5.94. The maximum absolute atomic E-state index is 13.5. The third kappa shape index (κ3) is 3.93. The SMILES string of the molecule is CCc1ccccc1C1CC(c2ccc(F)cc2)=CC1C(=O)c1ccc(C)cc1. The van der Waals surface area contributed by atoms with Crippen LogP contribution < -0.4 is 0 Å². The number of halogens is 1. The van der Waals surface area contributed by atoms with Gasteiger partial charge >= 0.3 is 0 Å². The first-order valence-corrected chi connectivity index (χ1v) is 10.2. The summed E-state index contributed by atoms with van der Waals surface area (Å²) in [4.78, 5) is 13.5. The first-order chi connectivity index (χ1) is 14.1. The van der Waals surface area contributed by atoms with Gasteiger partial charge in [0.05, 0.1) is 0 Å². The lowest BCUT2D eigenvalue weighted by atomic mass is 9.81. The van der Waals surface area contributed by atoms with Crippen LogP contribution in [0.2, 0.25) is 0 Å². The number of Topliss-reactive ketones (excluding diaryl/α,β-unsaturated/α-hetero) is 1. The van der Waals surface area contributed by atoms with Crippen LogP contribution in [0.1, 0.15) is 51.9 Å². The van der Waals surface area contributed by atoms with Gasteiger partial charge in [-0.15, -0.1) is 0 Å². The van der Waals surface area contributed by atoms with Gasteiger partial charge in [0.2, 0.25) is 0 Å². The van der Waals surface area contributed by atoms with Crippen molar-refractivity contribution in [1.29, 1.82) is 0 Å². The van der Waals surface area contributed by atoms with Crippen LogP contribution in [-0.4, -0.2) is 5.78 Å². The third-order valence-electron chi connectivity index (χ3n) is 5.94. The van der Waals surface area contributed by atoms with Crippen LogP contribution in [0.15, 0.2) is 78.9 Å². The molecular weight excluding hydrogens is 359 g/mol. The summed E-state index contributed by atoms with van der Waals surface area (Å²) in [5, 5.41) is 0. The highest BCUT2D eigenvalue weighted by molar-refractivity contribution is 6.01. The average Bonchev–Trinajstić information content (AvgIpc) is 3.19. The van der Waals surface area contributed by atoms with E-state index < -0.39 is 0 Å². The molecule has 0 amide bonds. The van der Waals surface area contributed by atoms with E-state index in [0.29, 0.717) is 0 Å². The van der Waals surface area contributed by atoms with Crippen molar-refractivity contribution in [3.05, 3.63) is 113 Å². The monoisotopic (exact) mass is 384 g/mol. The Morgan fingerprint density at radius 2 is 1.66 bits per heavy atom. The summed E-state index contributed by atoms with van der Waals surface area (Å²) in [5.74, 6) is -0.212. The van der Waals surface area contributed by atoms with Crippen LogP contribution in [0.5, 0.6) is 0 Å². The molecular formula is C27H25FO. The standard InChI is InChI=1S/C27H25FO/c1-3-19-6-4-5-7-24(19)25-16-22(20-12-14-23(28)15-13-20)17-26(25)27(29)21-10-8-18(2)9-11-21/h4-15,17,25-26H,3,16H2,1-2H3. The van der Waals surface area contributed by atoms with Crippen LogP contribution in [0.25, 0.3) is 5.57 Å². The lowest BCUT2D eigenvalue weighted by molar-refractivity contribution is 0.0934. The Morgan fingerprint density at radius 3 is 2.34 bits per heavy atom. The number of hydrogen-bond acceptors (Lipinski definition) is 1. The van der Waals surface area contributed by atoms with E-state index in [-0.39, 0.29) is 23.4 Å². The highest BCUT2D eigenvalue weighted by atomic mass is 19.1. The van der Waals surface area contributed by atoms with Crippen LogP contribution in [0.3, 0.4) is 0 Å². The summed E-state index contributed by atoms with van der Waals surface area (Å²) in [6.07, 6.45) is 3.82. The predicted molar refractivity (Wildman–Crippen MR) is 117 cm³/mol. The molecule has 0 radical (unpaired) electrons. The van der Waals surface area contributed by atoms with Gasteiger partial charge in [-0.2, -0.15) is 0 Å². The highest BCUT2D eigenvalue weighted by Crippen LogP contribution is 2.45. The number of carbonyl (C=O) groups excluding carboxylic acids is 1. The molecule has 0 heterocycles. The topological polar surface area (TPSA) is 17.1 Å². The molecule has 0 bridgehead atoms. The van der Waals surface area contributed by atoms with E-state index in [1.165, 1.54) is 23.3 Å². The summed E-state index contributed by atoms with van der Waals surface area (Å²) >= 11 is 0. The number of benzene rings is 3. The van der Waals surface area contributed by atoms with Gasteiger partial charge in [-0.25, -0.2) is 4.39 Å². The fourth-order valence-corrected chi connectivity index (χ4v) is 4.33. The first-order valence-electron chi connectivity index (χ1n) is 10.2. The zero-order valence-corrected chi connectivity index (χ0v) is 16.9. The molecule has 2 unspecified atom stereocenters. The van der Waals surface area contributed by atoms with Crippen molar-refractivity contribution >= 4 is 11.4 Å². The van der Waals surface area contributed by atoms with Crippen LogP contribution in [0.4, 0.5) is 4.39 Å². The molecule has 0 fully saturated rings. The Balaban J connectivity index is 1.76. The molecule has 1 aliphatic rings. The molecule has 0 aliphatic heterocycles. The van der Waals surface area contributed by atoms with Gasteiger partial charge in [-0.05, 0) is 54.2 Å². The normalized spacial score (nSPS) is 18.5. The Labute approximate surface area is 171 Å². The Kier molecular flexibility index (Phi) is 5.44. The molecule has 2 heteroatoms. The van der Waals surface area contributed by atoms with Crippen molar-refractivity contribution in [3.8, 4) is 0 Å². The van der Waals surface area contributed by atoms with Crippen molar-refractivity contribution in [2.75, 3.05) is 0 Å². The minimum absolute atomic E-state index is 0.0972. The molecule has 2 atom stereocenters. The summed E-state index contributed by atoms with van der Waals surface area (Å²) in [5.41, 5.74) is 6.53. The van der Waals surface area contributed by atoms with Crippen LogP contribution in [-0.2, 0) is 6.42 Å². The largest absolute Gasteiger partial charge is 0.293 e. The van der Waals surface area contributed by atoms with Gasteiger partial charge in [0.1, 0.15) is 5.82 Å². The van der Waals surface area contributed by atoms with Gasteiger partial charge in [0, 0.05) is 17.4 Å². The summed E-state index contributed by atoms with van der Waals surface area (Å²) < 4.78 is 13.4. The predicted octanol–water partition coefficient (Wildman–Crippen LogP) is 6.77. The van der Waals surface area contributed by atoms with E-state index in [1.807, 2.05) is 43.3 Å². The van der Waals surface area contributed by atoms with Crippen molar-refractivity contribution in [1.82, 2.24) is 0 Å². The summed E-state index contributed by atoms with van der Waals surface area (Å²) in [6.45, 7) is 4.18. The molecule has 0 saturated carbocycles. The number of aryl methyl sites for hydroxylation is 2. The van der Waals surface area contributed by atoms with Crippen LogP contribution >= 0.6 is 0 Å². The van der Waals surface area contributed by atoms with Crippen molar-refractivity contribution in [3.63, 3.8) is 0 Å². The molecule has 146 valence electrons. The first kappa shape index (κ1) is 19.3. The van der Waals surface area contributed by atoms with Gasteiger partial charge in [-0.1, -0.05) is 79.2 Å². The fraction of sp³-hybridized carbons (Fsp3) is 0.222. The summed E-state index contributed by atoms with van der Waals surface area (Å²) in [6, 6.07) is 22.8. The minimum Gasteiger partial charge on any atom is -0.293 e. The number of allylic oxidation sites excluding steroid dienone is 2. The lowest BCUT2D eigenvalue weighted by Crippen LogP contribution is -2.18. The highest BCUT2D eigenvalue weighted by Gasteiger charge is 2.35. The zero-order valence-electron chi connectivity index (χ0n) is 16.9. The molecule has 0 spiro atoms. The maximum atomic E-state index is 13.5. The van der Waals surface area contributed by atoms with Crippen LogP contribution in [0, 0.1) is 18.7 Å². The fourth-order valence-electron chi connectivity index (χ4n) is 4.33. The minimum atomic E-state index is -0.243. The van der Waals surface area contributed by atoms with Crippen molar-refractivity contribution in [2.45, 2.75) is 32.6 Å². The molecule has 0 saturated heterocycles. The molecule has 4 rings (SSSR count). The van der Waals surface area contributed by atoms with Gasteiger partial charge in [0.15, 0.2) is 5.78 Å². The second kappa shape index (κ2) is 8.16. The second-order valence-corrected chi connectivity index (χ2v) is 7.82. The molecule has 1 nitrogen and oxygen atoms in total. The number of hydrogen-bond donors (Lipinski definition) is 0. The van der Waals surface area contributed by atoms with E-state index in [9.17, 15) is 9.18 Å². The molecule has 1 aliphatic carbocycles. The molecule has 0 N–H and O–H groups in total. The Morgan fingerprint density at radius 1 is 0.966 bits per heavy atom.